The van der Waals surface area contributed by atoms with Crippen molar-refractivity contribution < 1.29 is 4.79 Å². The number of aromatic nitrogens is 2. The van der Waals surface area contributed by atoms with Gasteiger partial charge in [0, 0.05) is 19.2 Å². The van der Waals surface area contributed by atoms with Gasteiger partial charge in [-0.25, -0.2) is 0 Å². The second kappa shape index (κ2) is 2.96. The molecular weight excluding hydrogens is 166 g/mol. The van der Waals surface area contributed by atoms with Gasteiger partial charge in [-0.2, -0.15) is 5.10 Å². The minimum Gasteiger partial charge on any atom is -0.299 e. The van der Waals surface area contributed by atoms with Crippen LogP contribution >= 0.6 is 0 Å². The fourth-order valence-corrected chi connectivity index (χ4v) is 1.74. The summed E-state index contributed by atoms with van der Waals surface area (Å²) in [6.07, 6.45) is 2.72. The van der Waals surface area contributed by atoms with Crippen LogP contribution in [-0.4, -0.2) is 40.6 Å². The summed E-state index contributed by atoms with van der Waals surface area (Å²) in [5.41, 5.74) is 1.86. The van der Waals surface area contributed by atoms with Crippen molar-refractivity contribution in [3.8, 4) is 0 Å². The molecule has 1 aliphatic heterocycles. The van der Waals surface area contributed by atoms with Gasteiger partial charge in [-0.3, -0.25) is 14.4 Å². The van der Waals surface area contributed by atoms with Crippen LogP contribution in [0, 0.1) is 0 Å². The Kier molecular flexibility index (Phi) is 1.92. The maximum atomic E-state index is 11.7. The van der Waals surface area contributed by atoms with E-state index in [-0.39, 0.29) is 5.78 Å². The Morgan fingerprint density at radius 3 is 3.00 bits per heavy atom. The monoisotopic (exact) mass is 179 g/mol. The molecule has 0 bridgehead atoms. The molecule has 0 fully saturated rings. The molecule has 1 aromatic rings. The SMILES string of the molecule is CN1CCc2cnn(C)c2C(=O)C1. The van der Waals surface area contributed by atoms with Crippen LogP contribution in [0.25, 0.3) is 0 Å². The molecule has 0 unspecified atom stereocenters. The van der Waals surface area contributed by atoms with E-state index in [0.29, 0.717) is 6.54 Å². The smallest absolute Gasteiger partial charge is 0.195 e. The average molecular weight is 179 g/mol. The number of hydrogen-bond donors (Lipinski definition) is 0. The molecule has 0 saturated heterocycles. The fraction of sp³-hybridized carbons (Fsp3) is 0.556. The van der Waals surface area contributed by atoms with Crippen LogP contribution in [0.4, 0.5) is 0 Å². The van der Waals surface area contributed by atoms with Gasteiger partial charge < -0.3 is 0 Å². The first-order chi connectivity index (χ1) is 6.18. The van der Waals surface area contributed by atoms with Crippen molar-refractivity contribution in [1.29, 1.82) is 0 Å². The van der Waals surface area contributed by atoms with Crippen LogP contribution in [0.15, 0.2) is 6.20 Å². The lowest BCUT2D eigenvalue weighted by molar-refractivity contribution is 0.0945. The second-order valence-electron chi connectivity index (χ2n) is 3.55. The molecule has 0 aromatic carbocycles. The summed E-state index contributed by atoms with van der Waals surface area (Å²) in [5, 5.41) is 4.09. The molecule has 1 aromatic heterocycles. The van der Waals surface area contributed by atoms with Crippen molar-refractivity contribution in [1.82, 2.24) is 14.7 Å². The molecule has 2 rings (SSSR count). The van der Waals surface area contributed by atoms with Gasteiger partial charge in [-0.1, -0.05) is 0 Å². The summed E-state index contributed by atoms with van der Waals surface area (Å²) in [6, 6.07) is 0. The summed E-state index contributed by atoms with van der Waals surface area (Å²) in [4.78, 5) is 13.7. The van der Waals surface area contributed by atoms with E-state index < -0.39 is 0 Å². The molecule has 70 valence electrons. The zero-order valence-corrected chi connectivity index (χ0v) is 7.95. The third kappa shape index (κ3) is 1.37. The number of rotatable bonds is 0. The van der Waals surface area contributed by atoms with Gasteiger partial charge in [-0.15, -0.1) is 0 Å². The number of hydrogen-bond acceptors (Lipinski definition) is 3. The predicted molar refractivity (Wildman–Crippen MR) is 48.7 cm³/mol. The molecule has 0 atom stereocenters. The first-order valence-electron chi connectivity index (χ1n) is 4.41. The number of Topliss-reactive ketones (excluding diaryl/α,β-unsaturated/α-hetero) is 1. The lowest BCUT2D eigenvalue weighted by atomic mass is 10.1. The highest BCUT2D eigenvalue weighted by molar-refractivity contribution is 5.97. The molecule has 0 aliphatic carbocycles. The maximum Gasteiger partial charge on any atom is 0.195 e. The van der Waals surface area contributed by atoms with Gasteiger partial charge in [0.1, 0.15) is 5.69 Å². The lowest BCUT2D eigenvalue weighted by Gasteiger charge is -2.10. The van der Waals surface area contributed by atoms with Crippen molar-refractivity contribution in [3.63, 3.8) is 0 Å². The van der Waals surface area contributed by atoms with Gasteiger partial charge in [-0.05, 0) is 13.5 Å². The molecule has 4 nitrogen and oxygen atoms in total. The Balaban J connectivity index is 2.43. The Morgan fingerprint density at radius 1 is 1.46 bits per heavy atom. The highest BCUT2D eigenvalue weighted by Gasteiger charge is 2.21. The summed E-state index contributed by atoms with van der Waals surface area (Å²) in [6.45, 7) is 1.44. The van der Waals surface area contributed by atoms with Crippen molar-refractivity contribution in [2.75, 3.05) is 20.1 Å². The minimum absolute atomic E-state index is 0.176. The lowest BCUT2D eigenvalue weighted by Crippen LogP contribution is -2.25. The van der Waals surface area contributed by atoms with E-state index in [2.05, 4.69) is 5.10 Å². The normalized spacial score (nSPS) is 18.5. The Hall–Kier alpha value is -1.16. The average Bonchev–Trinajstić information content (AvgIpc) is 2.36. The molecule has 0 radical (unpaired) electrons. The standard InChI is InChI=1S/C9H13N3O/c1-11-4-3-7-5-10-12(2)9(7)8(13)6-11/h5H,3-4,6H2,1-2H3. The zero-order chi connectivity index (χ0) is 9.42. The maximum absolute atomic E-state index is 11.7. The largest absolute Gasteiger partial charge is 0.299 e. The van der Waals surface area contributed by atoms with E-state index >= 15 is 0 Å². The van der Waals surface area contributed by atoms with Gasteiger partial charge in [0.05, 0.1) is 12.7 Å². The van der Waals surface area contributed by atoms with Gasteiger partial charge in [0.2, 0.25) is 0 Å². The van der Waals surface area contributed by atoms with Gasteiger partial charge in [0.15, 0.2) is 5.78 Å². The minimum atomic E-state index is 0.176. The summed E-state index contributed by atoms with van der Waals surface area (Å²) < 4.78 is 1.68. The van der Waals surface area contributed by atoms with Crippen LogP contribution < -0.4 is 0 Å². The van der Waals surface area contributed by atoms with Crippen molar-refractivity contribution in [3.05, 3.63) is 17.5 Å². The highest BCUT2D eigenvalue weighted by atomic mass is 16.1. The number of ketones is 1. The van der Waals surface area contributed by atoms with E-state index in [4.69, 9.17) is 0 Å². The summed E-state index contributed by atoms with van der Waals surface area (Å²) in [7, 11) is 3.79. The number of nitrogens with zero attached hydrogens (tertiary/aromatic N) is 3. The highest BCUT2D eigenvalue weighted by Crippen LogP contribution is 2.13. The topological polar surface area (TPSA) is 38.1 Å². The summed E-state index contributed by atoms with van der Waals surface area (Å²) >= 11 is 0. The van der Waals surface area contributed by atoms with Crippen LogP contribution in [0.2, 0.25) is 0 Å². The van der Waals surface area contributed by atoms with Gasteiger partial charge in [0.25, 0.3) is 0 Å². The summed E-state index contributed by atoms with van der Waals surface area (Å²) in [5.74, 6) is 0.176. The molecular formula is C9H13N3O. The van der Waals surface area contributed by atoms with E-state index in [1.165, 1.54) is 0 Å². The Morgan fingerprint density at radius 2 is 2.23 bits per heavy atom. The number of fused-ring (bicyclic) bond motifs is 1. The van der Waals surface area contributed by atoms with E-state index in [9.17, 15) is 4.79 Å². The van der Waals surface area contributed by atoms with Crippen molar-refractivity contribution in [2.24, 2.45) is 7.05 Å². The molecule has 0 amide bonds. The molecule has 0 spiro atoms. The Bertz CT molecular complexity index is 343. The first-order valence-corrected chi connectivity index (χ1v) is 4.41. The van der Waals surface area contributed by atoms with Crippen LogP contribution in [0.1, 0.15) is 16.1 Å². The van der Waals surface area contributed by atoms with Crippen molar-refractivity contribution in [2.45, 2.75) is 6.42 Å². The molecule has 0 saturated carbocycles. The third-order valence-corrected chi connectivity index (χ3v) is 2.46. The number of aryl methyl sites for hydroxylation is 1. The molecule has 13 heavy (non-hydrogen) atoms. The van der Waals surface area contributed by atoms with Gasteiger partial charge >= 0.3 is 0 Å². The zero-order valence-electron chi connectivity index (χ0n) is 7.95. The predicted octanol–water partition coefficient (Wildman–Crippen LogP) is 0.0907. The van der Waals surface area contributed by atoms with E-state index in [1.54, 1.807) is 10.9 Å². The number of carbonyl (C=O) groups excluding carboxylic acids is 1. The van der Waals surface area contributed by atoms with Crippen LogP contribution in [0.3, 0.4) is 0 Å². The third-order valence-electron chi connectivity index (χ3n) is 2.46. The Labute approximate surface area is 77.1 Å². The van der Waals surface area contributed by atoms with E-state index in [1.807, 2.05) is 19.0 Å². The molecule has 4 heteroatoms. The van der Waals surface area contributed by atoms with Crippen LogP contribution in [-0.2, 0) is 13.5 Å². The number of likely N-dealkylation sites (N-methyl/N-ethyl adjacent to an activating group) is 1. The molecule has 1 aliphatic rings. The number of carbonyl (C=O) groups is 1. The van der Waals surface area contributed by atoms with Crippen LogP contribution in [0.5, 0.6) is 0 Å². The van der Waals surface area contributed by atoms with E-state index in [0.717, 1.165) is 24.2 Å². The molecule has 0 N–H and O–H groups in total. The quantitative estimate of drug-likeness (QED) is 0.566. The van der Waals surface area contributed by atoms with Crippen molar-refractivity contribution >= 4 is 5.78 Å². The first kappa shape index (κ1) is 8.44. The molecule has 2 heterocycles. The second-order valence-corrected chi connectivity index (χ2v) is 3.55. The fourth-order valence-electron chi connectivity index (χ4n) is 1.74.